The number of hydrogen-bond donors (Lipinski definition) is 1. The number of hydrogen-bond acceptors (Lipinski definition) is 5. The third-order valence-electron chi connectivity index (χ3n) is 3.29. The molecule has 0 heterocycles. The topological polar surface area (TPSA) is 98.5 Å². The molecule has 2 rings (SSSR count). The van der Waals surface area contributed by atoms with Gasteiger partial charge < -0.3 is 4.74 Å². The fraction of sp³-hybridized carbons (Fsp3) is 0.200. The van der Waals surface area contributed by atoms with E-state index in [0.717, 1.165) is 5.56 Å². The summed E-state index contributed by atoms with van der Waals surface area (Å²) in [4.78, 5) is 10.6. The molecule has 0 aliphatic carbocycles. The number of rotatable bonds is 5. The number of nitro benzene ring substituents is 1. The van der Waals surface area contributed by atoms with Gasteiger partial charge >= 0.3 is 0 Å². The van der Waals surface area contributed by atoms with E-state index >= 15 is 0 Å². The van der Waals surface area contributed by atoms with Crippen LogP contribution in [0.5, 0.6) is 5.75 Å². The van der Waals surface area contributed by atoms with Gasteiger partial charge in [0, 0.05) is 12.1 Å². The largest absolute Gasteiger partial charge is 0.496 e. The Morgan fingerprint density at radius 1 is 1.13 bits per heavy atom. The van der Waals surface area contributed by atoms with Crippen molar-refractivity contribution < 1.29 is 18.1 Å². The van der Waals surface area contributed by atoms with Crippen molar-refractivity contribution in [2.24, 2.45) is 0 Å². The highest BCUT2D eigenvalue weighted by atomic mass is 32.2. The van der Waals surface area contributed by atoms with Crippen molar-refractivity contribution in [2.75, 3.05) is 11.8 Å². The Hall–Kier alpha value is -2.61. The molecule has 0 bridgehead atoms. The van der Waals surface area contributed by atoms with Gasteiger partial charge in [-0.05, 0) is 31.5 Å². The second-order valence-electron chi connectivity index (χ2n) is 5.01. The molecule has 0 aliphatic rings. The predicted molar refractivity (Wildman–Crippen MR) is 86.4 cm³/mol. The number of methoxy groups -OCH3 is 1. The van der Waals surface area contributed by atoms with Crippen LogP contribution >= 0.6 is 0 Å². The van der Waals surface area contributed by atoms with E-state index in [1.807, 2.05) is 6.92 Å². The zero-order valence-electron chi connectivity index (χ0n) is 12.9. The molecule has 2 aromatic rings. The first-order valence-electron chi connectivity index (χ1n) is 6.67. The molecule has 0 spiro atoms. The van der Waals surface area contributed by atoms with E-state index < -0.39 is 14.9 Å². The minimum absolute atomic E-state index is 0.0249. The summed E-state index contributed by atoms with van der Waals surface area (Å²) in [6, 6.07) is 8.76. The molecule has 0 saturated heterocycles. The zero-order valence-corrected chi connectivity index (χ0v) is 13.7. The molecule has 122 valence electrons. The lowest BCUT2D eigenvalue weighted by atomic mass is 10.2. The molecule has 0 radical (unpaired) electrons. The average molecular weight is 336 g/mol. The normalized spacial score (nSPS) is 11.1. The van der Waals surface area contributed by atoms with Crippen LogP contribution in [0.15, 0.2) is 41.3 Å². The van der Waals surface area contributed by atoms with Gasteiger partial charge in [0.05, 0.1) is 16.9 Å². The maximum atomic E-state index is 12.4. The van der Waals surface area contributed by atoms with Crippen molar-refractivity contribution in [3.63, 3.8) is 0 Å². The third kappa shape index (κ3) is 3.59. The van der Waals surface area contributed by atoms with Crippen molar-refractivity contribution in [2.45, 2.75) is 18.7 Å². The SMILES string of the molecule is COc1cc(NS(=O)(=O)c2ccc(C)cc2)c([N+](=O)[O-])cc1C. The number of ether oxygens (including phenoxy) is 1. The summed E-state index contributed by atoms with van der Waals surface area (Å²) in [5.74, 6) is 0.359. The first kappa shape index (κ1) is 16.8. The van der Waals surface area contributed by atoms with Gasteiger partial charge in [-0.25, -0.2) is 8.42 Å². The van der Waals surface area contributed by atoms with E-state index in [1.165, 1.54) is 31.4 Å². The van der Waals surface area contributed by atoms with Crippen LogP contribution in [0.2, 0.25) is 0 Å². The Morgan fingerprint density at radius 2 is 1.74 bits per heavy atom. The molecule has 2 aromatic carbocycles. The molecule has 0 unspecified atom stereocenters. The predicted octanol–water partition coefficient (Wildman–Crippen LogP) is 3.02. The van der Waals surface area contributed by atoms with Gasteiger partial charge in [-0.15, -0.1) is 0 Å². The lowest BCUT2D eigenvalue weighted by molar-refractivity contribution is -0.383. The van der Waals surface area contributed by atoms with Crippen molar-refractivity contribution in [1.82, 2.24) is 0 Å². The molecule has 0 amide bonds. The highest BCUT2D eigenvalue weighted by Gasteiger charge is 2.22. The van der Waals surface area contributed by atoms with Crippen LogP contribution in [0.25, 0.3) is 0 Å². The van der Waals surface area contributed by atoms with E-state index in [-0.39, 0.29) is 16.3 Å². The number of benzene rings is 2. The quantitative estimate of drug-likeness (QED) is 0.668. The summed E-state index contributed by atoms with van der Waals surface area (Å²) >= 11 is 0. The third-order valence-corrected chi connectivity index (χ3v) is 4.67. The Labute approximate surface area is 134 Å². The first-order chi connectivity index (χ1) is 10.7. The van der Waals surface area contributed by atoms with Crippen LogP contribution in [0.1, 0.15) is 11.1 Å². The van der Waals surface area contributed by atoms with Crippen LogP contribution < -0.4 is 9.46 Å². The second kappa shape index (κ2) is 6.25. The van der Waals surface area contributed by atoms with Gasteiger partial charge in [0.2, 0.25) is 0 Å². The highest BCUT2D eigenvalue weighted by molar-refractivity contribution is 7.92. The van der Waals surface area contributed by atoms with Gasteiger partial charge in [0.15, 0.2) is 0 Å². The molecule has 23 heavy (non-hydrogen) atoms. The molecule has 0 fully saturated rings. The minimum atomic E-state index is -3.93. The van der Waals surface area contributed by atoms with Gasteiger partial charge in [-0.1, -0.05) is 17.7 Å². The van der Waals surface area contributed by atoms with Crippen molar-refractivity contribution >= 4 is 21.4 Å². The van der Waals surface area contributed by atoms with Crippen molar-refractivity contribution in [3.8, 4) is 5.75 Å². The Balaban J connectivity index is 2.49. The molecule has 0 aliphatic heterocycles. The Morgan fingerprint density at radius 3 is 2.26 bits per heavy atom. The summed E-state index contributed by atoms with van der Waals surface area (Å²) < 4.78 is 32.2. The number of nitrogens with one attached hydrogen (secondary N) is 1. The maximum Gasteiger partial charge on any atom is 0.293 e. The van der Waals surface area contributed by atoms with E-state index in [0.29, 0.717) is 11.3 Å². The molecule has 0 aromatic heterocycles. The van der Waals surface area contributed by atoms with Crippen LogP contribution in [-0.2, 0) is 10.0 Å². The van der Waals surface area contributed by atoms with Crippen molar-refractivity contribution in [1.29, 1.82) is 0 Å². The number of aryl methyl sites for hydroxylation is 2. The fourth-order valence-electron chi connectivity index (χ4n) is 2.05. The summed E-state index contributed by atoms with van der Waals surface area (Å²) in [5.41, 5.74) is 0.974. The van der Waals surface area contributed by atoms with Crippen LogP contribution in [-0.4, -0.2) is 20.5 Å². The minimum Gasteiger partial charge on any atom is -0.496 e. The molecule has 0 atom stereocenters. The van der Waals surface area contributed by atoms with E-state index in [2.05, 4.69) is 4.72 Å². The first-order valence-corrected chi connectivity index (χ1v) is 8.15. The monoisotopic (exact) mass is 336 g/mol. The molecular weight excluding hydrogens is 320 g/mol. The Bertz CT molecular complexity index is 845. The molecule has 7 nitrogen and oxygen atoms in total. The molecular formula is C15H16N2O5S. The standard InChI is InChI=1S/C15H16N2O5S/c1-10-4-6-12(7-5-10)23(20,21)16-13-9-15(22-3)11(2)8-14(13)17(18)19/h4-9,16H,1-3H3. The zero-order chi connectivity index (χ0) is 17.2. The number of nitrogens with zero attached hydrogens (tertiary/aromatic N) is 1. The van der Waals surface area contributed by atoms with Crippen molar-refractivity contribution in [3.05, 3.63) is 57.6 Å². The molecule has 0 saturated carbocycles. The van der Waals surface area contributed by atoms with E-state index in [1.54, 1.807) is 19.1 Å². The Kier molecular flexibility index (Phi) is 4.55. The number of nitro groups is 1. The van der Waals surface area contributed by atoms with Crippen LogP contribution in [0.3, 0.4) is 0 Å². The van der Waals surface area contributed by atoms with Crippen LogP contribution in [0, 0.1) is 24.0 Å². The smallest absolute Gasteiger partial charge is 0.293 e. The summed E-state index contributed by atoms with van der Waals surface area (Å²) in [6.07, 6.45) is 0. The number of sulfonamides is 1. The average Bonchev–Trinajstić information content (AvgIpc) is 2.48. The molecule has 8 heteroatoms. The molecule has 1 N–H and O–H groups in total. The van der Waals surface area contributed by atoms with Crippen LogP contribution in [0.4, 0.5) is 11.4 Å². The van der Waals surface area contributed by atoms with Gasteiger partial charge in [0.1, 0.15) is 11.4 Å². The summed E-state index contributed by atoms with van der Waals surface area (Å²) in [7, 11) is -2.52. The lowest BCUT2D eigenvalue weighted by Crippen LogP contribution is -2.14. The van der Waals surface area contributed by atoms with E-state index in [9.17, 15) is 18.5 Å². The van der Waals surface area contributed by atoms with Gasteiger partial charge in [-0.3, -0.25) is 14.8 Å². The second-order valence-corrected chi connectivity index (χ2v) is 6.70. The number of anilines is 1. The van der Waals surface area contributed by atoms with Gasteiger partial charge in [0.25, 0.3) is 15.7 Å². The summed E-state index contributed by atoms with van der Waals surface area (Å²) in [5, 5.41) is 11.2. The van der Waals surface area contributed by atoms with Gasteiger partial charge in [-0.2, -0.15) is 0 Å². The van der Waals surface area contributed by atoms with E-state index in [4.69, 9.17) is 4.74 Å². The maximum absolute atomic E-state index is 12.4. The summed E-state index contributed by atoms with van der Waals surface area (Å²) in [6.45, 7) is 3.48. The lowest BCUT2D eigenvalue weighted by Gasteiger charge is -2.11. The highest BCUT2D eigenvalue weighted by Crippen LogP contribution is 2.33. The fourth-order valence-corrected chi connectivity index (χ4v) is 3.11.